The summed E-state index contributed by atoms with van der Waals surface area (Å²) in [6.07, 6.45) is 3.37. The molecule has 3 aromatic rings. The number of aromatic nitrogens is 3. The van der Waals surface area contributed by atoms with Crippen LogP contribution in [0.5, 0.6) is 0 Å². The number of pyridine rings is 1. The zero-order valence-electron chi connectivity index (χ0n) is 11.8. The number of aromatic carboxylic acids is 1. The third-order valence-corrected chi connectivity index (χ3v) is 2.58. The number of aryl methyl sites for hydroxylation is 1. The summed E-state index contributed by atoms with van der Waals surface area (Å²) in [6.45, 7) is 0. The molecule has 1 aromatic carbocycles. The molecule has 1 N–H and O–H groups in total. The van der Waals surface area contributed by atoms with Crippen molar-refractivity contribution in [3.8, 4) is 11.3 Å². The quantitative estimate of drug-likeness (QED) is 0.583. The van der Waals surface area contributed by atoms with Crippen LogP contribution in [-0.2, 0) is 27.2 Å². The Labute approximate surface area is 142 Å². The second-order valence-corrected chi connectivity index (χ2v) is 4.17. The number of hydrogen-bond donors (Lipinski definition) is 1. The molecule has 0 aliphatic carbocycles. The Balaban J connectivity index is 0.000000219. The summed E-state index contributed by atoms with van der Waals surface area (Å²) < 4.78 is 1.79. The normalized spacial score (nSPS) is 9.14. The van der Waals surface area contributed by atoms with Crippen molar-refractivity contribution in [3.05, 3.63) is 72.7 Å². The summed E-state index contributed by atoms with van der Waals surface area (Å²) >= 11 is 0. The van der Waals surface area contributed by atoms with Crippen LogP contribution in [0.15, 0.2) is 60.9 Å². The first kappa shape index (κ1) is 17.8. The molecule has 0 saturated heterocycles. The van der Waals surface area contributed by atoms with Crippen molar-refractivity contribution in [2.75, 3.05) is 0 Å². The largest absolute Gasteiger partial charge is 0.477 e. The fourth-order valence-electron chi connectivity index (χ4n) is 1.60. The van der Waals surface area contributed by atoms with Gasteiger partial charge in [0.25, 0.3) is 0 Å². The van der Waals surface area contributed by atoms with Gasteiger partial charge in [0.05, 0.1) is 0 Å². The third-order valence-electron chi connectivity index (χ3n) is 2.58. The number of benzene rings is 1. The number of nitrogens with zero attached hydrogens (tertiary/aromatic N) is 3. The Morgan fingerprint density at radius 3 is 2.41 bits per heavy atom. The van der Waals surface area contributed by atoms with E-state index in [1.54, 1.807) is 16.8 Å². The Morgan fingerprint density at radius 1 is 1.18 bits per heavy atom. The van der Waals surface area contributed by atoms with Crippen LogP contribution in [0, 0.1) is 6.07 Å². The van der Waals surface area contributed by atoms with E-state index < -0.39 is 5.97 Å². The maximum absolute atomic E-state index is 10.1. The van der Waals surface area contributed by atoms with Crippen molar-refractivity contribution in [3.63, 3.8) is 0 Å². The van der Waals surface area contributed by atoms with Crippen LogP contribution in [0.25, 0.3) is 11.3 Å². The minimum atomic E-state index is -0.990. The molecule has 2 heterocycles. The van der Waals surface area contributed by atoms with Crippen LogP contribution in [0.2, 0.25) is 0 Å². The van der Waals surface area contributed by atoms with E-state index in [0.29, 0.717) is 0 Å². The van der Waals surface area contributed by atoms with Crippen LogP contribution in [0.1, 0.15) is 10.5 Å². The van der Waals surface area contributed by atoms with Gasteiger partial charge in [-0.15, -0.1) is 35.9 Å². The minimum Gasteiger partial charge on any atom is -0.477 e. The Hall–Kier alpha value is -2.30. The van der Waals surface area contributed by atoms with Crippen LogP contribution in [0.3, 0.4) is 0 Å². The third kappa shape index (κ3) is 5.24. The van der Waals surface area contributed by atoms with E-state index in [4.69, 9.17) is 5.11 Å². The second kappa shape index (κ2) is 8.87. The Bertz CT molecular complexity index is 700. The van der Waals surface area contributed by atoms with Gasteiger partial charge in [0.1, 0.15) is 5.69 Å². The van der Waals surface area contributed by atoms with Gasteiger partial charge >= 0.3 is 5.97 Å². The van der Waals surface area contributed by atoms with E-state index in [2.05, 4.69) is 16.1 Å². The fraction of sp³-hybridized carbons (Fsp3) is 0.0625. The van der Waals surface area contributed by atoms with Gasteiger partial charge in [-0.1, -0.05) is 12.1 Å². The molecular weight excluding hydrogens is 458 g/mol. The summed E-state index contributed by atoms with van der Waals surface area (Å²) in [6, 6.07) is 17.7. The number of carbonyl (C=O) groups is 1. The molecule has 0 unspecified atom stereocenters. The molecule has 0 saturated carbocycles. The summed E-state index contributed by atoms with van der Waals surface area (Å²) in [7, 11) is 1.91. The van der Waals surface area contributed by atoms with Crippen molar-refractivity contribution in [1.82, 2.24) is 14.8 Å². The Kier molecular flexibility index (Phi) is 7.16. The predicted molar refractivity (Wildman–Crippen MR) is 78.7 cm³/mol. The van der Waals surface area contributed by atoms with Crippen molar-refractivity contribution in [2.45, 2.75) is 0 Å². The standard InChI is InChI=1S/C10H9N2.C6H5NO2.Ir/c1-12-8-7-10(11-12)9-5-3-2-4-6-9;8-6(9)5-3-1-2-4-7-5;/h2-5,7-8H,1H3;1-4H,(H,8,9);/q-1;;. The van der Waals surface area contributed by atoms with Gasteiger partial charge in [0, 0.05) is 45.2 Å². The number of rotatable bonds is 2. The first-order chi connectivity index (χ1) is 10.2. The molecule has 6 heteroatoms. The van der Waals surface area contributed by atoms with E-state index in [1.807, 2.05) is 43.6 Å². The molecule has 5 nitrogen and oxygen atoms in total. The minimum absolute atomic E-state index is 0. The smallest absolute Gasteiger partial charge is 0.354 e. The molecular formula is C16H14IrN3O2-. The van der Waals surface area contributed by atoms with Crippen LogP contribution in [-0.4, -0.2) is 25.8 Å². The summed E-state index contributed by atoms with van der Waals surface area (Å²) in [5.41, 5.74) is 2.09. The zero-order chi connectivity index (χ0) is 15.1. The fourth-order valence-corrected chi connectivity index (χ4v) is 1.60. The molecule has 115 valence electrons. The maximum atomic E-state index is 10.1. The van der Waals surface area contributed by atoms with Gasteiger partial charge in [-0.25, -0.2) is 14.9 Å². The van der Waals surface area contributed by atoms with Gasteiger partial charge in [-0.3, -0.25) is 4.68 Å². The molecule has 0 amide bonds. The molecule has 0 fully saturated rings. The van der Waals surface area contributed by atoms with E-state index in [9.17, 15) is 4.79 Å². The molecule has 0 aliphatic rings. The summed E-state index contributed by atoms with van der Waals surface area (Å²) in [4.78, 5) is 13.7. The predicted octanol–water partition coefficient (Wildman–Crippen LogP) is 2.66. The van der Waals surface area contributed by atoms with E-state index in [0.717, 1.165) is 11.3 Å². The molecule has 22 heavy (non-hydrogen) atoms. The molecule has 2 aromatic heterocycles. The van der Waals surface area contributed by atoms with E-state index in [-0.39, 0.29) is 25.8 Å². The monoisotopic (exact) mass is 473 g/mol. The average molecular weight is 473 g/mol. The molecule has 0 bridgehead atoms. The van der Waals surface area contributed by atoms with E-state index in [1.165, 1.54) is 12.3 Å². The zero-order valence-corrected chi connectivity index (χ0v) is 14.2. The number of hydrogen-bond acceptors (Lipinski definition) is 3. The molecule has 0 aliphatic heterocycles. The molecule has 0 atom stereocenters. The van der Waals surface area contributed by atoms with E-state index >= 15 is 0 Å². The first-order valence-electron chi connectivity index (χ1n) is 6.28. The van der Waals surface area contributed by atoms with Crippen molar-refractivity contribution in [1.29, 1.82) is 0 Å². The van der Waals surface area contributed by atoms with Gasteiger partial charge < -0.3 is 5.11 Å². The molecule has 1 radical (unpaired) electrons. The van der Waals surface area contributed by atoms with Gasteiger partial charge in [0.15, 0.2) is 0 Å². The summed E-state index contributed by atoms with van der Waals surface area (Å²) in [5.74, 6) is -0.990. The van der Waals surface area contributed by atoms with Crippen LogP contribution >= 0.6 is 0 Å². The maximum Gasteiger partial charge on any atom is 0.354 e. The van der Waals surface area contributed by atoms with Gasteiger partial charge in [-0.2, -0.15) is 0 Å². The van der Waals surface area contributed by atoms with Crippen molar-refractivity contribution < 1.29 is 30.0 Å². The summed E-state index contributed by atoms with van der Waals surface area (Å²) in [5, 5.41) is 12.6. The van der Waals surface area contributed by atoms with Crippen LogP contribution in [0.4, 0.5) is 0 Å². The topological polar surface area (TPSA) is 68.0 Å². The van der Waals surface area contributed by atoms with Crippen molar-refractivity contribution >= 4 is 5.97 Å². The number of carboxylic acids is 1. The Morgan fingerprint density at radius 2 is 1.95 bits per heavy atom. The van der Waals surface area contributed by atoms with Gasteiger partial charge in [0.2, 0.25) is 0 Å². The first-order valence-corrected chi connectivity index (χ1v) is 6.28. The molecule has 0 spiro atoms. The van der Waals surface area contributed by atoms with Crippen molar-refractivity contribution in [2.24, 2.45) is 7.05 Å². The average Bonchev–Trinajstić information content (AvgIpc) is 2.96. The molecule has 3 rings (SSSR count). The second-order valence-electron chi connectivity index (χ2n) is 4.17. The number of carboxylic acid groups (broad SMARTS) is 1. The van der Waals surface area contributed by atoms with Gasteiger partial charge in [-0.05, 0) is 12.1 Å². The van der Waals surface area contributed by atoms with Crippen LogP contribution < -0.4 is 0 Å². The SMILES string of the molecule is Cn1ccc(-c2[c-]cccc2)n1.O=C(O)c1ccccn1.[Ir].